The number of carbonyl (C=O) groups excluding carboxylic acids is 2. The van der Waals surface area contributed by atoms with Crippen molar-refractivity contribution in [2.24, 2.45) is 5.92 Å². The molecular formula is C15H22ClN3O2S. The van der Waals surface area contributed by atoms with Crippen molar-refractivity contribution in [1.29, 1.82) is 0 Å². The molecule has 5 nitrogen and oxygen atoms in total. The van der Waals surface area contributed by atoms with E-state index in [4.69, 9.17) is 11.6 Å². The average molecular weight is 344 g/mol. The number of rotatable bonds is 5. The molecule has 0 spiro atoms. The number of piperidine rings is 1. The van der Waals surface area contributed by atoms with Crippen molar-refractivity contribution < 1.29 is 9.59 Å². The minimum Gasteiger partial charge on any atom is -0.354 e. The molecule has 1 aromatic rings. The summed E-state index contributed by atoms with van der Waals surface area (Å²) in [5.74, 6) is 0.105. The summed E-state index contributed by atoms with van der Waals surface area (Å²) < 4.78 is 0.622. The molecule has 0 aromatic carbocycles. The van der Waals surface area contributed by atoms with E-state index >= 15 is 0 Å². The number of nitrogens with zero attached hydrogens (tertiary/aromatic N) is 1. The highest BCUT2D eigenvalue weighted by atomic mass is 35.5. The van der Waals surface area contributed by atoms with Gasteiger partial charge in [-0.05, 0) is 38.9 Å². The van der Waals surface area contributed by atoms with Crippen LogP contribution in [0.25, 0.3) is 0 Å². The van der Waals surface area contributed by atoms with E-state index in [1.807, 2.05) is 18.9 Å². The lowest BCUT2D eigenvalue weighted by Crippen LogP contribution is -2.45. The third kappa shape index (κ3) is 4.44. The van der Waals surface area contributed by atoms with E-state index < -0.39 is 0 Å². The monoisotopic (exact) mass is 343 g/mol. The zero-order chi connectivity index (χ0) is 16.1. The second kappa shape index (κ2) is 7.94. The van der Waals surface area contributed by atoms with E-state index in [-0.39, 0.29) is 23.8 Å². The van der Waals surface area contributed by atoms with Gasteiger partial charge in [0, 0.05) is 31.6 Å². The maximum Gasteiger partial charge on any atom is 0.263 e. The summed E-state index contributed by atoms with van der Waals surface area (Å²) in [6, 6.07) is 3.75. The first-order chi connectivity index (χ1) is 10.5. The van der Waals surface area contributed by atoms with Gasteiger partial charge in [0.25, 0.3) is 5.91 Å². The van der Waals surface area contributed by atoms with Crippen molar-refractivity contribution in [2.45, 2.75) is 25.8 Å². The molecule has 2 heterocycles. The van der Waals surface area contributed by atoms with Crippen LogP contribution >= 0.6 is 22.9 Å². The highest BCUT2D eigenvalue weighted by Crippen LogP contribution is 2.25. The van der Waals surface area contributed by atoms with Crippen molar-refractivity contribution in [2.75, 3.05) is 26.7 Å². The minimum absolute atomic E-state index is 0.0000276. The van der Waals surface area contributed by atoms with E-state index in [1.165, 1.54) is 11.3 Å². The van der Waals surface area contributed by atoms with Crippen molar-refractivity contribution in [3.63, 3.8) is 0 Å². The number of halogens is 1. The van der Waals surface area contributed by atoms with E-state index in [9.17, 15) is 9.59 Å². The first-order valence-electron chi connectivity index (χ1n) is 7.51. The van der Waals surface area contributed by atoms with Gasteiger partial charge in [-0.2, -0.15) is 0 Å². The van der Waals surface area contributed by atoms with Gasteiger partial charge in [0.2, 0.25) is 5.91 Å². The quantitative estimate of drug-likeness (QED) is 0.859. The Morgan fingerprint density at radius 3 is 2.64 bits per heavy atom. The molecule has 1 fully saturated rings. The number of nitrogens with one attached hydrogen (secondary N) is 2. The van der Waals surface area contributed by atoms with Crippen LogP contribution in [0.4, 0.5) is 0 Å². The maximum absolute atomic E-state index is 12.3. The largest absolute Gasteiger partial charge is 0.354 e. The number of amides is 2. The van der Waals surface area contributed by atoms with E-state index in [0.29, 0.717) is 41.7 Å². The van der Waals surface area contributed by atoms with Crippen LogP contribution in [-0.2, 0) is 4.79 Å². The fourth-order valence-electron chi connectivity index (χ4n) is 2.43. The van der Waals surface area contributed by atoms with Gasteiger partial charge in [-0.3, -0.25) is 9.59 Å². The summed E-state index contributed by atoms with van der Waals surface area (Å²) in [7, 11) is 1.87. The first-order valence-corrected chi connectivity index (χ1v) is 8.70. The summed E-state index contributed by atoms with van der Waals surface area (Å²) in [5, 5.41) is 6.05. The van der Waals surface area contributed by atoms with Crippen molar-refractivity contribution in [3.05, 3.63) is 21.3 Å². The molecule has 0 saturated carbocycles. The van der Waals surface area contributed by atoms with Gasteiger partial charge in [-0.15, -0.1) is 11.3 Å². The van der Waals surface area contributed by atoms with Crippen molar-refractivity contribution in [1.82, 2.24) is 15.5 Å². The predicted molar refractivity (Wildman–Crippen MR) is 89.5 cm³/mol. The van der Waals surface area contributed by atoms with E-state index in [1.54, 1.807) is 12.1 Å². The summed E-state index contributed by atoms with van der Waals surface area (Å²) in [5.41, 5.74) is 0. The van der Waals surface area contributed by atoms with Crippen molar-refractivity contribution >= 4 is 34.8 Å². The first kappa shape index (κ1) is 17.2. The molecule has 1 aliphatic rings. The number of carbonyl (C=O) groups is 2. The van der Waals surface area contributed by atoms with E-state index in [2.05, 4.69) is 10.6 Å². The van der Waals surface area contributed by atoms with Gasteiger partial charge in [0.1, 0.15) is 0 Å². The summed E-state index contributed by atoms with van der Waals surface area (Å²) in [6.07, 6.45) is 1.43. The fraction of sp³-hybridized carbons (Fsp3) is 0.600. The Bertz CT molecular complexity index is 527. The van der Waals surface area contributed by atoms with Gasteiger partial charge >= 0.3 is 0 Å². The Labute approximate surface area is 140 Å². The van der Waals surface area contributed by atoms with Crippen LogP contribution in [0.1, 0.15) is 29.4 Å². The molecule has 0 bridgehead atoms. The standard InChI is InChI=1S/C15H22ClN3O2S/c1-10(17-2)9-18-14(20)11-5-7-19(8-6-11)15(21)12-3-4-13(16)22-12/h3-4,10-11,17H,5-9H2,1-2H3,(H,18,20). The molecule has 1 unspecified atom stereocenters. The molecule has 2 N–H and O–H groups in total. The molecule has 7 heteroatoms. The SMILES string of the molecule is CNC(C)CNC(=O)C1CCN(C(=O)c2ccc(Cl)s2)CC1. The van der Waals surface area contributed by atoms with E-state index in [0.717, 1.165) is 0 Å². The van der Waals surface area contributed by atoms with Crippen LogP contribution in [-0.4, -0.2) is 49.4 Å². The lowest BCUT2D eigenvalue weighted by atomic mass is 9.95. The molecular weight excluding hydrogens is 322 g/mol. The molecule has 1 atom stereocenters. The molecule has 2 amide bonds. The lowest BCUT2D eigenvalue weighted by Gasteiger charge is -2.31. The second-order valence-electron chi connectivity index (χ2n) is 5.61. The van der Waals surface area contributed by atoms with Crippen LogP contribution in [0.5, 0.6) is 0 Å². The smallest absolute Gasteiger partial charge is 0.263 e. The topological polar surface area (TPSA) is 61.4 Å². The second-order valence-corrected chi connectivity index (χ2v) is 7.32. The van der Waals surface area contributed by atoms with Gasteiger partial charge < -0.3 is 15.5 Å². The van der Waals surface area contributed by atoms with Crippen LogP contribution in [0, 0.1) is 5.92 Å². The van der Waals surface area contributed by atoms with Gasteiger partial charge in [-0.1, -0.05) is 11.6 Å². The molecule has 1 aromatic heterocycles. The predicted octanol–water partition coefficient (Wildman–Crippen LogP) is 1.98. The Balaban J connectivity index is 1.80. The van der Waals surface area contributed by atoms with Crippen LogP contribution < -0.4 is 10.6 Å². The molecule has 1 aliphatic heterocycles. The highest BCUT2D eigenvalue weighted by molar-refractivity contribution is 7.17. The van der Waals surface area contributed by atoms with Crippen molar-refractivity contribution in [3.8, 4) is 0 Å². The summed E-state index contributed by atoms with van der Waals surface area (Å²) in [6.45, 7) is 3.89. The number of likely N-dealkylation sites (N-methyl/N-ethyl adjacent to an activating group) is 1. The van der Waals surface area contributed by atoms with Crippen LogP contribution in [0.2, 0.25) is 4.34 Å². The van der Waals surface area contributed by atoms with Gasteiger partial charge in [0.05, 0.1) is 9.21 Å². The van der Waals surface area contributed by atoms with Crippen LogP contribution in [0.3, 0.4) is 0 Å². The fourth-order valence-corrected chi connectivity index (χ4v) is 3.44. The maximum atomic E-state index is 12.3. The molecule has 22 heavy (non-hydrogen) atoms. The number of hydrogen-bond acceptors (Lipinski definition) is 4. The number of hydrogen-bond donors (Lipinski definition) is 2. The number of likely N-dealkylation sites (tertiary alicyclic amines) is 1. The zero-order valence-corrected chi connectivity index (χ0v) is 14.5. The molecule has 0 aliphatic carbocycles. The normalized spacial score (nSPS) is 17.3. The summed E-state index contributed by atoms with van der Waals surface area (Å²) in [4.78, 5) is 26.9. The Kier molecular flexibility index (Phi) is 6.23. The third-order valence-electron chi connectivity index (χ3n) is 4.01. The molecule has 2 rings (SSSR count). The Morgan fingerprint density at radius 2 is 2.09 bits per heavy atom. The average Bonchev–Trinajstić information content (AvgIpc) is 2.98. The molecule has 1 saturated heterocycles. The number of thiophene rings is 1. The van der Waals surface area contributed by atoms with Crippen LogP contribution in [0.15, 0.2) is 12.1 Å². The highest BCUT2D eigenvalue weighted by Gasteiger charge is 2.28. The Hall–Kier alpha value is -1.11. The third-order valence-corrected chi connectivity index (χ3v) is 5.23. The zero-order valence-electron chi connectivity index (χ0n) is 12.9. The Morgan fingerprint density at radius 1 is 1.41 bits per heavy atom. The molecule has 122 valence electrons. The lowest BCUT2D eigenvalue weighted by molar-refractivity contribution is -0.126. The summed E-state index contributed by atoms with van der Waals surface area (Å²) >= 11 is 7.17. The molecule has 0 radical (unpaired) electrons. The van der Waals surface area contributed by atoms with Gasteiger partial charge in [-0.25, -0.2) is 0 Å². The van der Waals surface area contributed by atoms with Gasteiger partial charge in [0.15, 0.2) is 0 Å². The minimum atomic E-state index is 0.0000276.